The van der Waals surface area contributed by atoms with Crippen LogP contribution in [0, 0.1) is 12.8 Å². The number of aryl methyl sites for hydroxylation is 1. The van der Waals surface area contributed by atoms with Gasteiger partial charge < -0.3 is 10.1 Å². The molecule has 3 rings (SSSR count). The van der Waals surface area contributed by atoms with E-state index >= 15 is 0 Å². The fourth-order valence-electron chi connectivity index (χ4n) is 3.31. The van der Waals surface area contributed by atoms with Crippen LogP contribution < -0.4 is 5.32 Å². The highest BCUT2D eigenvalue weighted by Gasteiger charge is 2.27. The second kappa shape index (κ2) is 8.06. The number of hydrogen-bond acceptors (Lipinski definition) is 3. The third-order valence-corrected chi connectivity index (χ3v) is 4.54. The molecule has 1 aliphatic heterocycles. The lowest BCUT2D eigenvalue weighted by Crippen LogP contribution is -2.36. The van der Waals surface area contributed by atoms with Gasteiger partial charge in [-0.15, -0.1) is 0 Å². The number of carbonyl (C=O) groups excluding carboxylic acids is 1. The minimum Gasteiger partial charge on any atom is -0.381 e. The summed E-state index contributed by atoms with van der Waals surface area (Å²) in [6, 6.07) is 12.1. The van der Waals surface area contributed by atoms with Gasteiger partial charge in [0.2, 0.25) is 5.91 Å². The number of pyridine rings is 1. The van der Waals surface area contributed by atoms with Crippen molar-refractivity contribution in [2.45, 2.75) is 32.2 Å². The number of rotatable bonds is 5. The Morgan fingerprint density at radius 1 is 1.29 bits per heavy atom. The summed E-state index contributed by atoms with van der Waals surface area (Å²) in [5.41, 5.74) is 3.29. The van der Waals surface area contributed by atoms with Gasteiger partial charge >= 0.3 is 0 Å². The Hall–Kier alpha value is -2.20. The third kappa shape index (κ3) is 4.42. The number of amides is 1. The molecule has 1 saturated heterocycles. The Labute approximate surface area is 143 Å². The SMILES string of the molecule is Cc1cccc(CC(=O)NC(c2cccnc2)C2CCOCC2)c1. The van der Waals surface area contributed by atoms with Gasteiger partial charge in [-0.2, -0.15) is 0 Å². The summed E-state index contributed by atoms with van der Waals surface area (Å²) in [5.74, 6) is 0.449. The first kappa shape index (κ1) is 16.7. The molecule has 1 N–H and O–H groups in total. The summed E-state index contributed by atoms with van der Waals surface area (Å²) >= 11 is 0. The Bertz CT molecular complexity index is 666. The monoisotopic (exact) mass is 324 g/mol. The first-order valence-electron chi connectivity index (χ1n) is 8.55. The van der Waals surface area contributed by atoms with Crippen LogP contribution >= 0.6 is 0 Å². The molecule has 0 spiro atoms. The molecule has 0 aliphatic carbocycles. The van der Waals surface area contributed by atoms with Crippen LogP contribution in [0.15, 0.2) is 48.8 Å². The lowest BCUT2D eigenvalue weighted by Gasteiger charge is -2.31. The average Bonchev–Trinajstić information content (AvgIpc) is 2.61. The summed E-state index contributed by atoms with van der Waals surface area (Å²) in [7, 11) is 0. The molecule has 1 aromatic heterocycles. The van der Waals surface area contributed by atoms with Crippen LogP contribution in [0.3, 0.4) is 0 Å². The summed E-state index contributed by atoms with van der Waals surface area (Å²) in [4.78, 5) is 16.8. The zero-order valence-electron chi connectivity index (χ0n) is 14.1. The van der Waals surface area contributed by atoms with Crippen molar-refractivity contribution in [2.75, 3.05) is 13.2 Å². The van der Waals surface area contributed by atoms with Gasteiger partial charge in [0.15, 0.2) is 0 Å². The van der Waals surface area contributed by atoms with E-state index in [4.69, 9.17) is 4.74 Å². The Morgan fingerprint density at radius 2 is 2.12 bits per heavy atom. The molecule has 24 heavy (non-hydrogen) atoms. The number of nitrogens with one attached hydrogen (secondary N) is 1. The average molecular weight is 324 g/mol. The van der Waals surface area contributed by atoms with Gasteiger partial charge in [0.05, 0.1) is 12.5 Å². The van der Waals surface area contributed by atoms with Crippen LogP contribution in [-0.4, -0.2) is 24.1 Å². The second-order valence-corrected chi connectivity index (χ2v) is 6.45. The van der Waals surface area contributed by atoms with Crippen molar-refractivity contribution in [3.8, 4) is 0 Å². The zero-order chi connectivity index (χ0) is 16.8. The standard InChI is InChI=1S/C20H24N2O2/c1-15-4-2-5-16(12-15)13-19(23)22-20(17-7-10-24-11-8-17)18-6-3-9-21-14-18/h2-6,9,12,14,17,20H,7-8,10-11,13H2,1H3,(H,22,23). The predicted octanol–water partition coefficient (Wildman–Crippen LogP) is 3.22. The van der Waals surface area contributed by atoms with Crippen molar-refractivity contribution in [1.29, 1.82) is 0 Å². The summed E-state index contributed by atoms with van der Waals surface area (Å²) in [6.45, 7) is 3.56. The quantitative estimate of drug-likeness (QED) is 0.919. The molecule has 2 heterocycles. The van der Waals surface area contributed by atoms with E-state index in [1.54, 1.807) is 6.20 Å². The van der Waals surface area contributed by atoms with Gasteiger partial charge in [-0.1, -0.05) is 35.9 Å². The van der Waals surface area contributed by atoms with Gasteiger partial charge in [0.25, 0.3) is 0 Å². The minimum absolute atomic E-state index is 0.0000841. The molecule has 1 amide bonds. The number of ether oxygens (including phenoxy) is 1. The van der Waals surface area contributed by atoms with E-state index in [1.807, 2.05) is 43.5 Å². The van der Waals surface area contributed by atoms with Crippen LogP contribution in [0.4, 0.5) is 0 Å². The molecule has 1 atom stereocenters. The molecule has 1 aliphatic rings. The third-order valence-electron chi connectivity index (χ3n) is 4.54. The van der Waals surface area contributed by atoms with Crippen LogP contribution in [0.5, 0.6) is 0 Å². The topological polar surface area (TPSA) is 51.2 Å². The van der Waals surface area contributed by atoms with Crippen molar-refractivity contribution in [3.63, 3.8) is 0 Å². The first-order valence-corrected chi connectivity index (χ1v) is 8.55. The van der Waals surface area contributed by atoms with Crippen LogP contribution in [0.1, 0.15) is 35.6 Å². The van der Waals surface area contributed by atoms with E-state index in [0.29, 0.717) is 12.3 Å². The molecule has 1 unspecified atom stereocenters. The van der Waals surface area contributed by atoms with Crippen molar-refractivity contribution in [2.24, 2.45) is 5.92 Å². The van der Waals surface area contributed by atoms with Gasteiger partial charge in [-0.05, 0) is 42.9 Å². The smallest absolute Gasteiger partial charge is 0.224 e. The second-order valence-electron chi connectivity index (χ2n) is 6.45. The molecule has 4 nitrogen and oxygen atoms in total. The van der Waals surface area contributed by atoms with Gasteiger partial charge in [0.1, 0.15) is 0 Å². The van der Waals surface area contributed by atoms with Crippen molar-refractivity contribution >= 4 is 5.91 Å². The Morgan fingerprint density at radius 3 is 2.83 bits per heavy atom. The van der Waals surface area contributed by atoms with E-state index in [2.05, 4.69) is 16.4 Å². The molecule has 126 valence electrons. The van der Waals surface area contributed by atoms with E-state index in [0.717, 1.165) is 37.2 Å². The van der Waals surface area contributed by atoms with Crippen LogP contribution in [-0.2, 0) is 16.0 Å². The van der Waals surface area contributed by atoms with Crippen LogP contribution in [0.25, 0.3) is 0 Å². The highest BCUT2D eigenvalue weighted by Crippen LogP contribution is 2.29. The van der Waals surface area contributed by atoms with Crippen molar-refractivity contribution < 1.29 is 9.53 Å². The maximum absolute atomic E-state index is 12.6. The highest BCUT2D eigenvalue weighted by atomic mass is 16.5. The lowest BCUT2D eigenvalue weighted by molar-refractivity contribution is -0.121. The molecule has 1 aromatic carbocycles. The van der Waals surface area contributed by atoms with E-state index < -0.39 is 0 Å². The van der Waals surface area contributed by atoms with Crippen molar-refractivity contribution in [1.82, 2.24) is 10.3 Å². The number of carbonyl (C=O) groups is 1. The number of hydrogen-bond donors (Lipinski definition) is 1. The first-order chi connectivity index (χ1) is 11.7. The highest BCUT2D eigenvalue weighted by molar-refractivity contribution is 5.79. The van der Waals surface area contributed by atoms with Crippen LogP contribution in [0.2, 0.25) is 0 Å². The fourth-order valence-corrected chi connectivity index (χ4v) is 3.31. The van der Waals surface area contributed by atoms with Crippen molar-refractivity contribution in [3.05, 3.63) is 65.5 Å². The summed E-state index contributed by atoms with van der Waals surface area (Å²) < 4.78 is 5.47. The molecule has 1 fully saturated rings. The molecule has 0 radical (unpaired) electrons. The molecule has 0 bridgehead atoms. The van der Waals surface area contributed by atoms with Gasteiger partial charge in [-0.3, -0.25) is 9.78 Å². The molecule has 2 aromatic rings. The lowest BCUT2D eigenvalue weighted by atomic mass is 9.87. The fraction of sp³-hybridized carbons (Fsp3) is 0.400. The largest absolute Gasteiger partial charge is 0.381 e. The Balaban J connectivity index is 1.72. The molecule has 4 heteroatoms. The summed E-state index contributed by atoms with van der Waals surface area (Å²) in [6.07, 6.45) is 5.95. The molecular weight excluding hydrogens is 300 g/mol. The van der Waals surface area contributed by atoms with E-state index in [1.165, 1.54) is 5.56 Å². The molecule has 0 saturated carbocycles. The predicted molar refractivity (Wildman–Crippen MR) is 93.5 cm³/mol. The molecular formula is C20H24N2O2. The summed E-state index contributed by atoms with van der Waals surface area (Å²) in [5, 5.41) is 3.24. The maximum atomic E-state index is 12.6. The Kier molecular flexibility index (Phi) is 5.59. The van der Waals surface area contributed by atoms with E-state index in [9.17, 15) is 4.79 Å². The minimum atomic E-state index is -0.0000841. The van der Waals surface area contributed by atoms with E-state index in [-0.39, 0.29) is 11.9 Å². The number of nitrogens with zero attached hydrogens (tertiary/aromatic N) is 1. The van der Waals surface area contributed by atoms with Gasteiger partial charge in [0, 0.05) is 25.6 Å². The van der Waals surface area contributed by atoms with Gasteiger partial charge in [-0.25, -0.2) is 0 Å². The zero-order valence-corrected chi connectivity index (χ0v) is 14.1. The number of benzene rings is 1. The normalized spacial score (nSPS) is 16.5. The number of aromatic nitrogens is 1. The maximum Gasteiger partial charge on any atom is 0.224 e.